The van der Waals surface area contributed by atoms with Crippen LogP contribution in [0.25, 0.3) is 0 Å². The summed E-state index contributed by atoms with van der Waals surface area (Å²) in [5, 5.41) is 0. The van der Waals surface area contributed by atoms with E-state index in [0.717, 1.165) is 45.6 Å². The van der Waals surface area contributed by atoms with Crippen LogP contribution in [0.5, 0.6) is 0 Å². The van der Waals surface area contributed by atoms with Gasteiger partial charge in [0.25, 0.3) is 0 Å². The minimum absolute atomic E-state index is 0.0716. The quantitative estimate of drug-likeness (QED) is 0.786. The van der Waals surface area contributed by atoms with Gasteiger partial charge in [-0.05, 0) is 38.6 Å². The van der Waals surface area contributed by atoms with Gasteiger partial charge in [-0.3, -0.25) is 9.69 Å². The topological polar surface area (TPSA) is 42.0 Å². The normalized spacial score (nSPS) is 32.1. The summed E-state index contributed by atoms with van der Waals surface area (Å²) in [5.74, 6) is 0.314. The highest BCUT2D eigenvalue weighted by Gasteiger charge is 2.34. The second-order valence-electron chi connectivity index (χ2n) is 6.43. The number of likely N-dealkylation sites (tertiary alicyclic amines) is 1. The Balaban J connectivity index is 1.58. The Morgan fingerprint density at radius 3 is 2.52 bits per heavy atom. The van der Waals surface area contributed by atoms with E-state index < -0.39 is 0 Å². The van der Waals surface area contributed by atoms with Gasteiger partial charge in [-0.1, -0.05) is 6.42 Å². The van der Waals surface area contributed by atoms with Gasteiger partial charge in [0.15, 0.2) is 0 Å². The third-order valence-electron chi connectivity index (χ3n) is 4.93. The van der Waals surface area contributed by atoms with Crippen molar-refractivity contribution in [3.63, 3.8) is 0 Å². The molecule has 3 fully saturated rings. The van der Waals surface area contributed by atoms with E-state index in [9.17, 15) is 4.79 Å². The molecule has 3 rings (SSSR count). The Bertz CT molecular complexity index is 338. The SMILES string of the molecule is O=C([C@@H]1CCCCN1C[C@@H]1CCCCO1)N1CCOCC1. The number of hydrogen-bond donors (Lipinski definition) is 0. The van der Waals surface area contributed by atoms with Crippen LogP contribution in [-0.2, 0) is 14.3 Å². The predicted octanol–water partition coefficient (Wildman–Crippen LogP) is 1.27. The molecule has 2 atom stereocenters. The molecule has 0 spiro atoms. The first-order valence-electron chi connectivity index (χ1n) is 8.57. The number of hydrogen-bond acceptors (Lipinski definition) is 4. The van der Waals surface area contributed by atoms with Crippen LogP contribution in [0.3, 0.4) is 0 Å². The average Bonchev–Trinajstić information content (AvgIpc) is 2.56. The molecule has 0 unspecified atom stereocenters. The summed E-state index contributed by atoms with van der Waals surface area (Å²) < 4.78 is 11.2. The smallest absolute Gasteiger partial charge is 0.240 e. The number of rotatable bonds is 3. The fraction of sp³-hybridized carbons (Fsp3) is 0.938. The van der Waals surface area contributed by atoms with Gasteiger partial charge in [0.2, 0.25) is 5.91 Å². The van der Waals surface area contributed by atoms with Gasteiger partial charge < -0.3 is 14.4 Å². The molecule has 5 nitrogen and oxygen atoms in total. The fourth-order valence-electron chi connectivity index (χ4n) is 3.70. The zero-order valence-electron chi connectivity index (χ0n) is 13.0. The first-order chi connectivity index (χ1) is 10.3. The van der Waals surface area contributed by atoms with Crippen molar-refractivity contribution in [1.82, 2.24) is 9.80 Å². The largest absolute Gasteiger partial charge is 0.378 e. The molecule has 0 aliphatic carbocycles. The zero-order chi connectivity index (χ0) is 14.5. The maximum absolute atomic E-state index is 12.8. The number of carbonyl (C=O) groups is 1. The highest BCUT2D eigenvalue weighted by Crippen LogP contribution is 2.22. The van der Waals surface area contributed by atoms with E-state index in [2.05, 4.69) is 4.90 Å². The van der Waals surface area contributed by atoms with Gasteiger partial charge in [0.05, 0.1) is 25.4 Å². The Morgan fingerprint density at radius 1 is 0.952 bits per heavy atom. The number of amides is 1. The fourth-order valence-corrected chi connectivity index (χ4v) is 3.70. The Kier molecular flexibility index (Phi) is 5.49. The second kappa shape index (κ2) is 7.56. The molecule has 21 heavy (non-hydrogen) atoms. The third-order valence-corrected chi connectivity index (χ3v) is 4.93. The lowest BCUT2D eigenvalue weighted by molar-refractivity contribution is -0.143. The summed E-state index contributed by atoms with van der Waals surface area (Å²) in [4.78, 5) is 17.2. The number of piperidine rings is 1. The van der Waals surface area contributed by atoms with E-state index in [1.54, 1.807) is 0 Å². The summed E-state index contributed by atoms with van der Waals surface area (Å²) in [6.45, 7) is 5.74. The van der Waals surface area contributed by atoms with Crippen molar-refractivity contribution in [3.8, 4) is 0 Å². The van der Waals surface area contributed by atoms with E-state index >= 15 is 0 Å². The zero-order valence-corrected chi connectivity index (χ0v) is 13.0. The van der Waals surface area contributed by atoms with E-state index in [0.29, 0.717) is 25.2 Å². The Hall–Kier alpha value is -0.650. The van der Waals surface area contributed by atoms with Gasteiger partial charge in [-0.15, -0.1) is 0 Å². The van der Waals surface area contributed by atoms with Gasteiger partial charge in [0, 0.05) is 26.2 Å². The second-order valence-corrected chi connectivity index (χ2v) is 6.43. The molecule has 0 saturated carbocycles. The number of morpholine rings is 1. The summed E-state index contributed by atoms with van der Waals surface area (Å²) in [7, 11) is 0. The summed E-state index contributed by atoms with van der Waals surface area (Å²) in [6, 6.07) is 0.0716. The maximum atomic E-state index is 12.8. The molecule has 0 bridgehead atoms. The molecule has 0 aromatic carbocycles. The molecule has 0 aromatic heterocycles. The summed E-state index contributed by atoms with van der Waals surface area (Å²) in [6.07, 6.45) is 7.31. The van der Waals surface area contributed by atoms with Crippen LogP contribution >= 0.6 is 0 Å². The third kappa shape index (κ3) is 3.96. The van der Waals surface area contributed by atoms with Crippen molar-refractivity contribution >= 4 is 5.91 Å². The van der Waals surface area contributed by atoms with E-state index in [4.69, 9.17) is 9.47 Å². The average molecular weight is 296 g/mol. The molecule has 0 radical (unpaired) electrons. The number of carbonyl (C=O) groups excluding carboxylic acids is 1. The van der Waals surface area contributed by atoms with Gasteiger partial charge in [-0.25, -0.2) is 0 Å². The van der Waals surface area contributed by atoms with Crippen molar-refractivity contribution in [3.05, 3.63) is 0 Å². The molecule has 0 aromatic rings. The maximum Gasteiger partial charge on any atom is 0.240 e. The molecule has 120 valence electrons. The van der Waals surface area contributed by atoms with Crippen LogP contribution < -0.4 is 0 Å². The van der Waals surface area contributed by atoms with Gasteiger partial charge >= 0.3 is 0 Å². The van der Waals surface area contributed by atoms with Gasteiger partial charge in [0.1, 0.15) is 0 Å². The highest BCUT2D eigenvalue weighted by molar-refractivity contribution is 5.82. The van der Waals surface area contributed by atoms with Crippen molar-refractivity contribution in [2.75, 3.05) is 46.0 Å². The molecule has 5 heteroatoms. The summed E-state index contributed by atoms with van der Waals surface area (Å²) in [5.41, 5.74) is 0. The monoisotopic (exact) mass is 296 g/mol. The van der Waals surface area contributed by atoms with Crippen molar-refractivity contribution in [1.29, 1.82) is 0 Å². The van der Waals surface area contributed by atoms with E-state index in [1.165, 1.54) is 25.7 Å². The van der Waals surface area contributed by atoms with Crippen molar-refractivity contribution < 1.29 is 14.3 Å². The molecular formula is C16H28N2O3. The summed E-state index contributed by atoms with van der Waals surface area (Å²) >= 11 is 0. The molecule has 0 N–H and O–H groups in total. The molecule has 3 aliphatic heterocycles. The van der Waals surface area contributed by atoms with Gasteiger partial charge in [-0.2, -0.15) is 0 Å². The van der Waals surface area contributed by atoms with Crippen LogP contribution in [-0.4, -0.2) is 73.9 Å². The lowest BCUT2D eigenvalue weighted by Gasteiger charge is -2.40. The first-order valence-corrected chi connectivity index (χ1v) is 8.57. The first kappa shape index (κ1) is 15.3. The van der Waals surface area contributed by atoms with Crippen LogP contribution in [0, 0.1) is 0 Å². The number of ether oxygens (including phenoxy) is 2. The minimum Gasteiger partial charge on any atom is -0.378 e. The van der Waals surface area contributed by atoms with Crippen LogP contribution in [0.1, 0.15) is 38.5 Å². The molecule has 3 aliphatic rings. The van der Waals surface area contributed by atoms with Crippen LogP contribution in [0.4, 0.5) is 0 Å². The number of nitrogens with zero attached hydrogens (tertiary/aromatic N) is 2. The van der Waals surface area contributed by atoms with Crippen LogP contribution in [0.15, 0.2) is 0 Å². The Morgan fingerprint density at radius 2 is 1.76 bits per heavy atom. The standard InChI is InChI=1S/C16H28N2O3/c19-16(17-8-11-20-12-9-17)15-6-1-3-7-18(15)13-14-5-2-4-10-21-14/h14-15H,1-13H2/t14-,15-/m0/s1. The Labute approximate surface area is 127 Å². The minimum atomic E-state index is 0.0716. The molecule has 3 saturated heterocycles. The molecule has 3 heterocycles. The van der Waals surface area contributed by atoms with Crippen molar-refractivity contribution in [2.24, 2.45) is 0 Å². The van der Waals surface area contributed by atoms with E-state index in [1.807, 2.05) is 4.90 Å². The van der Waals surface area contributed by atoms with E-state index in [-0.39, 0.29) is 6.04 Å². The predicted molar refractivity (Wildman–Crippen MR) is 80.2 cm³/mol. The van der Waals surface area contributed by atoms with Crippen molar-refractivity contribution in [2.45, 2.75) is 50.7 Å². The molecular weight excluding hydrogens is 268 g/mol. The highest BCUT2D eigenvalue weighted by atomic mass is 16.5. The lowest BCUT2D eigenvalue weighted by atomic mass is 9.99. The molecule has 1 amide bonds. The lowest BCUT2D eigenvalue weighted by Crippen LogP contribution is -2.55. The van der Waals surface area contributed by atoms with Crippen LogP contribution in [0.2, 0.25) is 0 Å².